The second-order valence-electron chi connectivity index (χ2n) is 6.05. The van der Waals surface area contributed by atoms with Crippen LogP contribution in [0.2, 0.25) is 0 Å². The molecule has 1 aliphatic heterocycles. The number of hydrogen-bond donors (Lipinski definition) is 1. The molecule has 0 saturated carbocycles. The predicted molar refractivity (Wildman–Crippen MR) is 89.9 cm³/mol. The van der Waals surface area contributed by atoms with Gasteiger partial charge in [0.1, 0.15) is 0 Å². The van der Waals surface area contributed by atoms with Crippen LogP contribution in [0.5, 0.6) is 0 Å². The lowest BCUT2D eigenvalue weighted by molar-refractivity contribution is -0.0820. The third-order valence-electron chi connectivity index (χ3n) is 4.15. The van der Waals surface area contributed by atoms with E-state index < -0.39 is 5.60 Å². The van der Waals surface area contributed by atoms with Gasteiger partial charge in [0.05, 0.1) is 5.60 Å². The van der Waals surface area contributed by atoms with E-state index in [1.807, 2.05) is 6.07 Å². The van der Waals surface area contributed by atoms with Gasteiger partial charge in [-0.15, -0.1) is 11.3 Å². The Bertz CT molecular complexity index is 550. The largest absolute Gasteiger partial charge is 0.388 e. The van der Waals surface area contributed by atoms with Crippen molar-refractivity contribution in [3.8, 4) is 0 Å². The molecule has 0 unspecified atom stereocenters. The summed E-state index contributed by atoms with van der Waals surface area (Å²) in [6.45, 7) is 3.77. The molecule has 3 rings (SSSR count). The molecule has 2 aromatic rings. The van der Waals surface area contributed by atoms with Crippen molar-refractivity contribution in [3.05, 3.63) is 58.3 Å². The summed E-state index contributed by atoms with van der Waals surface area (Å²) in [6, 6.07) is 14.7. The monoisotopic (exact) mass is 317 g/mol. The molecule has 0 atom stereocenters. The summed E-state index contributed by atoms with van der Waals surface area (Å²) < 4.78 is 5.39. The molecular weight excluding hydrogens is 294 g/mol. The SMILES string of the molecule is OC1(CN(Cc2ccccc2)Cc2cccs2)CCOCC1. The summed E-state index contributed by atoms with van der Waals surface area (Å²) in [6.07, 6.45) is 1.45. The van der Waals surface area contributed by atoms with Crippen molar-refractivity contribution in [3.63, 3.8) is 0 Å². The average molecular weight is 317 g/mol. The molecule has 22 heavy (non-hydrogen) atoms. The van der Waals surface area contributed by atoms with Gasteiger partial charge in [0.25, 0.3) is 0 Å². The maximum atomic E-state index is 10.8. The van der Waals surface area contributed by atoms with Gasteiger partial charge in [-0.3, -0.25) is 4.90 Å². The number of benzene rings is 1. The van der Waals surface area contributed by atoms with Crippen molar-refractivity contribution in [2.75, 3.05) is 19.8 Å². The maximum absolute atomic E-state index is 10.8. The lowest BCUT2D eigenvalue weighted by atomic mass is 9.93. The molecule has 1 fully saturated rings. The Kier molecular flexibility index (Phi) is 5.26. The van der Waals surface area contributed by atoms with Crippen LogP contribution in [0.3, 0.4) is 0 Å². The highest BCUT2D eigenvalue weighted by atomic mass is 32.1. The summed E-state index contributed by atoms with van der Waals surface area (Å²) in [7, 11) is 0. The average Bonchev–Trinajstić information content (AvgIpc) is 3.01. The molecule has 0 bridgehead atoms. The van der Waals surface area contributed by atoms with Gasteiger partial charge in [-0.05, 0) is 17.0 Å². The zero-order chi connectivity index (χ0) is 15.3. The molecule has 3 nitrogen and oxygen atoms in total. The number of hydrogen-bond acceptors (Lipinski definition) is 4. The Morgan fingerprint density at radius 1 is 1.05 bits per heavy atom. The van der Waals surface area contributed by atoms with E-state index in [1.165, 1.54) is 10.4 Å². The van der Waals surface area contributed by atoms with Gasteiger partial charge in [-0.25, -0.2) is 0 Å². The highest BCUT2D eigenvalue weighted by Crippen LogP contribution is 2.24. The minimum atomic E-state index is -0.621. The van der Waals surface area contributed by atoms with Crippen LogP contribution in [0, 0.1) is 0 Å². The van der Waals surface area contributed by atoms with Crippen LogP contribution in [0.4, 0.5) is 0 Å². The highest BCUT2D eigenvalue weighted by molar-refractivity contribution is 7.09. The first-order valence-corrected chi connectivity index (χ1v) is 8.70. The Morgan fingerprint density at radius 2 is 1.82 bits per heavy atom. The Morgan fingerprint density at radius 3 is 2.50 bits per heavy atom. The van der Waals surface area contributed by atoms with Crippen LogP contribution in [0.1, 0.15) is 23.3 Å². The molecule has 1 aromatic heterocycles. The maximum Gasteiger partial charge on any atom is 0.0818 e. The van der Waals surface area contributed by atoms with E-state index in [-0.39, 0.29) is 0 Å². The van der Waals surface area contributed by atoms with Gasteiger partial charge < -0.3 is 9.84 Å². The lowest BCUT2D eigenvalue weighted by Gasteiger charge is -2.36. The molecular formula is C18H23NO2S. The summed E-state index contributed by atoms with van der Waals surface area (Å²) in [5.74, 6) is 0. The van der Waals surface area contributed by atoms with E-state index in [2.05, 4.69) is 46.7 Å². The molecule has 1 N–H and O–H groups in total. The molecule has 1 aliphatic rings. The molecule has 1 aromatic carbocycles. The highest BCUT2D eigenvalue weighted by Gasteiger charge is 2.32. The first-order valence-electron chi connectivity index (χ1n) is 7.82. The van der Waals surface area contributed by atoms with Crippen LogP contribution in [0.25, 0.3) is 0 Å². The third kappa shape index (κ3) is 4.40. The standard InChI is InChI=1S/C18H23NO2S/c20-18(8-10-21-11-9-18)15-19(14-17-7-4-12-22-17)13-16-5-2-1-3-6-16/h1-7,12,20H,8-11,13-15H2. The zero-order valence-electron chi connectivity index (χ0n) is 12.8. The minimum Gasteiger partial charge on any atom is -0.388 e. The predicted octanol–water partition coefficient (Wildman–Crippen LogP) is 3.29. The van der Waals surface area contributed by atoms with E-state index in [4.69, 9.17) is 4.74 Å². The Labute approximate surface area is 136 Å². The molecule has 0 spiro atoms. The summed E-state index contributed by atoms with van der Waals surface area (Å²) in [5, 5.41) is 12.9. The molecule has 0 amide bonds. The topological polar surface area (TPSA) is 32.7 Å². The summed E-state index contributed by atoms with van der Waals surface area (Å²) in [5.41, 5.74) is 0.666. The van der Waals surface area contributed by atoms with Crippen molar-refractivity contribution in [1.82, 2.24) is 4.90 Å². The molecule has 0 aliphatic carbocycles. The first kappa shape index (κ1) is 15.7. The van der Waals surface area contributed by atoms with Crippen molar-refractivity contribution in [2.24, 2.45) is 0 Å². The first-order chi connectivity index (χ1) is 10.7. The Balaban J connectivity index is 1.70. The van der Waals surface area contributed by atoms with Gasteiger partial charge in [-0.1, -0.05) is 36.4 Å². The van der Waals surface area contributed by atoms with Crippen LogP contribution < -0.4 is 0 Å². The molecule has 4 heteroatoms. The number of thiophene rings is 1. The fraction of sp³-hybridized carbons (Fsp3) is 0.444. The normalized spacial score (nSPS) is 17.7. The van der Waals surface area contributed by atoms with E-state index >= 15 is 0 Å². The van der Waals surface area contributed by atoms with Crippen molar-refractivity contribution in [1.29, 1.82) is 0 Å². The molecule has 1 saturated heterocycles. The van der Waals surface area contributed by atoms with Gasteiger partial charge in [0.15, 0.2) is 0 Å². The number of rotatable bonds is 6. The van der Waals surface area contributed by atoms with Crippen molar-refractivity contribution < 1.29 is 9.84 Å². The van der Waals surface area contributed by atoms with Crippen molar-refractivity contribution in [2.45, 2.75) is 31.5 Å². The van der Waals surface area contributed by atoms with E-state index in [1.54, 1.807) is 11.3 Å². The van der Waals surface area contributed by atoms with Gasteiger partial charge in [0, 0.05) is 50.6 Å². The van der Waals surface area contributed by atoms with E-state index in [0.717, 1.165) is 25.9 Å². The van der Waals surface area contributed by atoms with Gasteiger partial charge >= 0.3 is 0 Å². The Hall–Kier alpha value is -1.20. The third-order valence-corrected chi connectivity index (χ3v) is 5.01. The van der Waals surface area contributed by atoms with Crippen LogP contribution in [0.15, 0.2) is 47.8 Å². The molecule has 118 valence electrons. The zero-order valence-corrected chi connectivity index (χ0v) is 13.6. The van der Waals surface area contributed by atoms with Crippen LogP contribution in [-0.2, 0) is 17.8 Å². The van der Waals surface area contributed by atoms with Crippen LogP contribution >= 0.6 is 11.3 Å². The van der Waals surface area contributed by atoms with Gasteiger partial charge in [-0.2, -0.15) is 0 Å². The molecule has 2 heterocycles. The van der Waals surface area contributed by atoms with Gasteiger partial charge in [0.2, 0.25) is 0 Å². The van der Waals surface area contributed by atoms with Crippen LogP contribution in [-0.4, -0.2) is 35.4 Å². The second kappa shape index (κ2) is 7.38. The fourth-order valence-corrected chi connectivity index (χ4v) is 3.70. The summed E-state index contributed by atoms with van der Waals surface area (Å²) in [4.78, 5) is 3.69. The van der Waals surface area contributed by atoms with E-state index in [9.17, 15) is 5.11 Å². The fourth-order valence-electron chi connectivity index (χ4n) is 2.96. The van der Waals surface area contributed by atoms with Crippen molar-refractivity contribution >= 4 is 11.3 Å². The smallest absolute Gasteiger partial charge is 0.0818 e. The second-order valence-corrected chi connectivity index (χ2v) is 7.08. The number of nitrogens with zero attached hydrogens (tertiary/aromatic N) is 1. The summed E-state index contributed by atoms with van der Waals surface area (Å²) >= 11 is 1.77. The number of ether oxygens (including phenoxy) is 1. The minimum absolute atomic E-state index is 0.621. The quantitative estimate of drug-likeness (QED) is 0.887. The number of aliphatic hydroxyl groups is 1. The van der Waals surface area contributed by atoms with E-state index in [0.29, 0.717) is 19.8 Å². The molecule has 0 radical (unpaired) electrons. The lowest BCUT2D eigenvalue weighted by Crippen LogP contribution is -2.46.